The largest absolute Gasteiger partial charge is 0.0602 e. The molecule has 406 valence electrons. The zero-order valence-electron chi connectivity index (χ0n) is 47.2. The summed E-state index contributed by atoms with van der Waals surface area (Å²) in [5.74, 6) is 1.69. The first-order valence-electron chi connectivity index (χ1n) is 29.8. The van der Waals surface area contributed by atoms with Crippen LogP contribution in [-0.2, 0) is 0 Å². The molecular formula is C78H51B2N5OTe. The molecule has 0 aliphatic carbocycles. The second kappa shape index (κ2) is 20.1. The first-order chi connectivity index (χ1) is 43.2. The number of benzene rings is 13. The van der Waals surface area contributed by atoms with E-state index in [-0.39, 0.29) is 13.4 Å². The van der Waals surface area contributed by atoms with Gasteiger partial charge in [-0.15, -0.1) is 0 Å². The third kappa shape index (κ3) is 7.83. The summed E-state index contributed by atoms with van der Waals surface area (Å²) in [4.78, 5) is 12.4. The number of ether oxygens (including phenoxy) is 1. The van der Waals surface area contributed by atoms with Gasteiger partial charge in [-0.3, -0.25) is 0 Å². The van der Waals surface area contributed by atoms with Crippen molar-refractivity contribution < 1.29 is 4.74 Å². The minimum Gasteiger partial charge on any atom is -0.0602 e. The third-order valence-electron chi connectivity index (χ3n) is 18.0. The summed E-state index contributed by atoms with van der Waals surface area (Å²) in [6, 6.07) is 114. The molecule has 6 nitrogen and oxygen atoms in total. The molecule has 0 atom stereocenters. The monoisotopic (exact) mass is 1230 g/mol. The van der Waals surface area contributed by atoms with E-state index in [0.29, 0.717) is 0 Å². The van der Waals surface area contributed by atoms with Gasteiger partial charge in [-0.25, -0.2) is 0 Å². The number of hydrogen-bond donors (Lipinski definition) is 0. The Kier molecular flexibility index (Phi) is 11.5. The molecule has 4 aliphatic rings. The van der Waals surface area contributed by atoms with E-state index in [0.717, 1.165) is 102 Å². The van der Waals surface area contributed by atoms with Crippen molar-refractivity contribution in [2.24, 2.45) is 0 Å². The van der Waals surface area contributed by atoms with Crippen LogP contribution < -0.4 is 62.0 Å². The van der Waals surface area contributed by atoms with Crippen molar-refractivity contribution >= 4 is 170 Å². The van der Waals surface area contributed by atoms with E-state index in [4.69, 9.17) is 4.74 Å². The molecule has 0 unspecified atom stereocenters. The van der Waals surface area contributed by atoms with Crippen LogP contribution in [0.15, 0.2) is 309 Å². The number of nitrogens with zero attached hydrogens (tertiary/aromatic N) is 5. The van der Waals surface area contributed by atoms with Gasteiger partial charge >= 0.3 is 429 Å². The van der Waals surface area contributed by atoms with Gasteiger partial charge in [-0.05, 0) is 36.4 Å². The van der Waals surface area contributed by atoms with Crippen molar-refractivity contribution in [1.29, 1.82) is 0 Å². The third-order valence-corrected chi connectivity index (χ3v) is 21.4. The van der Waals surface area contributed by atoms with Crippen LogP contribution in [0.5, 0.6) is 11.5 Å². The summed E-state index contributed by atoms with van der Waals surface area (Å²) in [6.07, 6.45) is 0. The van der Waals surface area contributed by atoms with E-state index in [1.54, 1.807) is 0 Å². The van der Waals surface area contributed by atoms with Gasteiger partial charge in [0.25, 0.3) is 0 Å². The summed E-state index contributed by atoms with van der Waals surface area (Å²) >= 11 is -0.829. The Morgan fingerprint density at radius 1 is 0.276 bits per heavy atom. The SMILES string of the molecule is c1ccc(N(c2ccccc2)c2cc3c4c(c2)N(c2ccccc2)c2ccccc2B4c2cc4c(cc2O3)N(c2cccc3c2[te]c2ccccc23)c2cc(N(c3ccccc3)c3ccccc3)cc3c2B4c2ccccc2N3c2ccccc2)cc1. The van der Waals surface area contributed by atoms with Crippen molar-refractivity contribution in [2.45, 2.75) is 0 Å². The quantitative estimate of drug-likeness (QED) is 0.134. The Balaban J connectivity index is 0.949. The molecule has 0 saturated heterocycles. The maximum Gasteiger partial charge on any atom is -0.0380 e. The van der Waals surface area contributed by atoms with Crippen LogP contribution in [-0.4, -0.2) is 33.9 Å². The molecule has 87 heavy (non-hydrogen) atoms. The molecule has 13 aromatic carbocycles. The summed E-state index contributed by atoms with van der Waals surface area (Å²) in [6.45, 7) is -0.322. The Bertz CT molecular complexity index is 4940. The fourth-order valence-corrected chi connectivity index (χ4v) is 17.9. The van der Waals surface area contributed by atoms with Crippen LogP contribution in [0.4, 0.5) is 85.3 Å². The number of para-hydroxylation sites is 8. The van der Waals surface area contributed by atoms with Crippen LogP contribution in [0, 0.1) is 0 Å². The van der Waals surface area contributed by atoms with Gasteiger partial charge in [0.1, 0.15) is 0 Å². The van der Waals surface area contributed by atoms with E-state index < -0.39 is 20.4 Å². The molecule has 0 spiro atoms. The Hall–Kier alpha value is -10.4. The number of hydrogen-bond acceptors (Lipinski definition) is 6. The Labute approximate surface area is 516 Å². The molecule has 0 N–H and O–H groups in total. The first kappa shape index (κ1) is 50.0. The van der Waals surface area contributed by atoms with E-state index in [9.17, 15) is 0 Å². The van der Waals surface area contributed by atoms with Crippen molar-refractivity contribution in [3.8, 4) is 11.5 Å². The van der Waals surface area contributed by atoms with E-state index >= 15 is 0 Å². The Morgan fingerprint density at radius 3 is 1.25 bits per heavy atom. The average Bonchev–Trinajstić information content (AvgIpc) is 0.798. The predicted molar refractivity (Wildman–Crippen MR) is 368 cm³/mol. The fraction of sp³-hybridized carbons (Fsp3) is 0. The number of rotatable bonds is 9. The van der Waals surface area contributed by atoms with Crippen LogP contribution >= 0.6 is 0 Å². The van der Waals surface area contributed by atoms with Gasteiger partial charge in [0.05, 0.1) is 0 Å². The van der Waals surface area contributed by atoms with Crippen molar-refractivity contribution in [2.75, 3.05) is 24.5 Å². The average molecular weight is 1220 g/mol. The normalized spacial score (nSPS) is 13.0. The van der Waals surface area contributed by atoms with Crippen LogP contribution in [0.1, 0.15) is 0 Å². The maximum atomic E-state index is 7.81. The smallest absolute Gasteiger partial charge is 0.0380 e. The van der Waals surface area contributed by atoms with Crippen LogP contribution in [0.2, 0.25) is 0 Å². The summed E-state index contributed by atoms with van der Waals surface area (Å²) in [7, 11) is 0. The van der Waals surface area contributed by atoms with E-state index in [1.165, 1.54) is 45.1 Å². The second-order valence-electron chi connectivity index (χ2n) is 22.8. The molecule has 18 rings (SSSR count). The van der Waals surface area contributed by atoms with Crippen LogP contribution in [0.25, 0.3) is 17.6 Å². The molecule has 0 fully saturated rings. The van der Waals surface area contributed by atoms with E-state index in [2.05, 4.69) is 334 Å². The summed E-state index contributed by atoms with van der Waals surface area (Å²) in [5, 5.41) is 2.68. The van der Waals surface area contributed by atoms with Crippen molar-refractivity contribution in [3.63, 3.8) is 0 Å². The Morgan fingerprint density at radius 2 is 0.701 bits per heavy atom. The van der Waals surface area contributed by atoms with Crippen LogP contribution in [0.3, 0.4) is 0 Å². The fourth-order valence-electron chi connectivity index (χ4n) is 14.4. The maximum absolute atomic E-state index is 7.81. The zero-order valence-corrected chi connectivity index (χ0v) is 49.5. The van der Waals surface area contributed by atoms with Crippen molar-refractivity contribution in [1.82, 2.24) is 0 Å². The molecule has 5 heterocycles. The van der Waals surface area contributed by atoms with Gasteiger partial charge in [-0.2, -0.15) is 0 Å². The first-order valence-corrected chi connectivity index (χ1v) is 32.1. The van der Waals surface area contributed by atoms with Gasteiger partial charge in [-0.1, -0.05) is 54.6 Å². The molecule has 0 radical (unpaired) electrons. The molecular weight excluding hydrogens is 1170 g/mol. The topological polar surface area (TPSA) is 25.4 Å². The minimum absolute atomic E-state index is 0.155. The zero-order chi connectivity index (χ0) is 57.1. The molecule has 9 heteroatoms. The van der Waals surface area contributed by atoms with E-state index in [1.807, 2.05) is 0 Å². The predicted octanol–water partition coefficient (Wildman–Crippen LogP) is 16.5. The molecule has 0 amide bonds. The standard InChI is InChI=1S/C78H51B2N5OTe/c1-7-26-52(27-8-1)81(53-28-9-2-10-29-53)58-46-70-76-71(47-58)85(68-44-25-39-61-60-38-19-24-45-75(60)87-78(61)68)69-51-73-65(50-64(69)79(76)62-40-20-22-42-66(62)83(70)56-34-15-5-16-35-56)80-63-41-21-23-43-67(63)84(57-36-17-6-18-37-57)72-48-59(49-74(86-73)77(72)80)82(54-30-11-3-12-31-54)55-32-13-4-14-33-55/h1-51H. The molecule has 4 aliphatic heterocycles. The van der Waals surface area contributed by atoms with Gasteiger partial charge in [0, 0.05) is 0 Å². The van der Waals surface area contributed by atoms with Gasteiger partial charge in [0.2, 0.25) is 0 Å². The van der Waals surface area contributed by atoms with Crippen molar-refractivity contribution in [3.05, 3.63) is 309 Å². The number of fused-ring (bicyclic) bond motifs is 11. The second-order valence-corrected chi connectivity index (χ2v) is 25.8. The van der Waals surface area contributed by atoms with Gasteiger partial charge in [0.15, 0.2) is 0 Å². The molecule has 1 aromatic heterocycles. The summed E-state index contributed by atoms with van der Waals surface area (Å²) < 4.78 is 10.7. The molecule has 0 saturated carbocycles. The molecule has 0 bridgehead atoms. The minimum atomic E-state index is -0.829. The van der Waals surface area contributed by atoms with Gasteiger partial charge < -0.3 is 0 Å². The molecule has 14 aromatic rings. The number of anilines is 15. The summed E-state index contributed by atoms with van der Waals surface area (Å²) in [5.41, 5.74) is 23.9.